The molecular weight excluding hydrogens is 258 g/mol. The number of rotatable bonds is 4. The lowest BCUT2D eigenvalue weighted by Gasteiger charge is -2.23. The van der Waals surface area contributed by atoms with Crippen LogP contribution in [0.3, 0.4) is 0 Å². The summed E-state index contributed by atoms with van der Waals surface area (Å²) < 4.78 is 4.83. The number of carbonyl (C=O) groups excluding carboxylic acids is 3. The molecule has 0 N–H and O–H groups in total. The molecule has 5 nitrogen and oxygen atoms in total. The van der Waals surface area contributed by atoms with Gasteiger partial charge in [0.15, 0.2) is 5.78 Å². The highest BCUT2D eigenvalue weighted by Crippen LogP contribution is 2.22. The summed E-state index contributed by atoms with van der Waals surface area (Å²) in [4.78, 5) is 37.2. The van der Waals surface area contributed by atoms with E-state index in [1.165, 1.54) is 11.0 Å². The van der Waals surface area contributed by atoms with E-state index in [4.69, 9.17) is 4.74 Å². The van der Waals surface area contributed by atoms with E-state index >= 15 is 0 Å². The molecule has 0 radical (unpaired) electrons. The first-order valence-electron chi connectivity index (χ1n) is 6.31. The van der Waals surface area contributed by atoms with Gasteiger partial charge in [0.2, 0.25) is 5.78 Å². The molecular formula is C15H15NO4. The summed E-state index contributed by atoms with van der Waals surface area (Å²) >= 11 is 0. The van der Waals surface area contributed by atoms with Crippen LogP contribution in [0.2, 0.25) is 0 Å². The molecule has 1 aliphatic carbocycles. The largest absolute Gasteiger partial charge is 0.465 e. The van der Waals surface area contributed by atoms with Crippen molar-refractivity contribution in [3.8, 4) is 0 Å². The molecule has 0 amide bonds. The number of fused-ring (bicyclic) bond motifs is 1. The zero-order valence-corrected chi connectivity index (χ0v) is 11.4. The highest BCUT2D eigenvalue weighted by atomic mass is 16.5. The second-order valence-electron chi connectivity index (χ2n) is 4.43. The van der Waals surface area contributed by atoms with E-state index in [0.29, 0.717) is 11.1 Å². The second-order valence-corrected chi connectivity index (χ2v) is 4.43. The van der Waals surface area contributed by atoms with Crippen LogP contribution in [0.15, 0.2) is 36.0 Å². The lowest BCUT2D eigenvalue weighted by molar-refractivity contribution is -0.143. The number of Topliss-reactive ketones (excluding diaryl/α,β-unsaturated/α-hetero) is 1. The molecule has 0 aliphatic heterocycles. The van der Waals surface area contributed by atoms with Gasteiger partial charge in [-0.15, -0.1) is 0 Å². The maximum Gasteiger partial charge on any atom is 0.325 e. The number of ketones is 2. The third kappa shape index (κ3) is 2.61. The van der Waals surface area contributed by atoms with E-state index in [1.807, 2.05) is 0 Å². The predicted molar refractivity (Wildman–Crippen MR) is 72.4 cm³/mol. The van der Waals surface area contributed by atoms with Crippen LogP contribution in [0, 0.1) is 0 Å². The van der Waals surface area contributed by atoms with Crippen molar-refractivity contribution in [1.29, 1.82) is 0 Å². The highest BCUT2D eigenvalue weighted by molar-refractivity contribution is 6.24. The van der Waals surface area contributed by atoms with Crippen LogP contribution in [0.5, 0.6) is 0 Å². The van der Waals surface area contributed by atoms with Crippen molar-refractivity contribution in [2.45, 2.75) is 6.92 Å². The molecule has 1 aliphatic rings. The SMILES string of the molecule is CCOC(=O)CN(C)C1=CC(=O)c2ccccc2C1=O. The van der Waals surface area contributed by atoms with Crippen LogP contribution < -0.4 is 0 Å². The standard InChI is InChI=1S/C15H15NO4/c1-3-20-14(18)9-16(2)12-8-13(17)10-6-4-5-7-11(10)15(12)19/h4-8H,3,9H2,1-2H3. The van der Waals surface area contributed by atoms with Crippen LogP contribution in [0.25, 0.3) is 0 Å². The van der Waals surface area contributed by atoms with Crippen LogP contribution in [0.1, 0.15) is 27.6 Å². The number of allylic oxidation sites excluding steroid dienone is 2. The van der Waals surface area contributed by atoms with Gasteiger partial charge in [-0.2, -0.15) is 0 Å². The first-order chi connectivity index (χ1) is 9.54. The molecule has 0 spiro atoms. The van der Waals surface area contributed by atoms with Gasteiger partial charge < -0.3 is 9.64 Å². The molecule has 0 heterocycles. The van der Waals surface area contributed by atoms with Crippen LogP contribution in [-0.2, 0) is 9.53 Å². The molecule has 0 saturated heterocycles. The normalized spacial score (nSPS) is 13.6. The molecule has 0 fully saturated rings. The van der Waals surface area contributed by atoms with Crippen molar-refractivity contribution in [1.82, 2.24) is 4.90 Å². The smallest absolute Gasteiger partial charge is 0.325 e. The monoisotopic (exact) mass is 273 g/mol. The van der Waals surface area contributed by atoms with Gasteiger partial charge in [-0.1, -0.05) is 24.3 Å². The zero-order chi connectivity index (χ0) is 14.7. The summed E-state index contributed by atoms with van der Waals surface area (Å²) in [7, 11) is 1.59. The first kappa shape index (κ1) is 14.0. The van der Waals surface area contributed by atoms with Gasteiger partial charge in [0.25, 0.3) is 0 Å². The Kier molecular flexibility index (Phi) is 3.98. The number of hydrogen-bond acceptors (Lipinski definition) is 5. The summed E-state index contributed by atoms with van der Waals surface area (Å²) in [5, 5.41) is 0. The summed E-state index contributed by atoms with van der Waals surface area (Å²) in [6.45, 7) is 1.92. The number of nitrogens with zero attached hydrogens (tertiary/aromatic N) is 1. The average molecular weight is 273 g/mol. The molecule has 20 heavy (non-hydrogen) atoms. The molecule has 2 rings (SSSR count). The Labute approximate surface area is 116 Å². The molecule has 0 bridgehead atoms. The quantitative estimate of drug-likeness (QED) is 0.777. The van der Waals surface area contributed by atoms with Crippen molar-refractivity contribution in [2.75, 3.05) is 20.2 Å². The Morgan fingerprint density at radius 1 is 1.20 bits per heavy atom. The van der Waals surface area contributed by atoms with Crippen molar-refractivity contribution >= 4 is 17.5 Å². The van der Waals surface area contributed by atoms with Crippen LogP contribution in [-0.4, -0.2) is 42.6 Å². The van der Waals surface area contributed by atoms with Crippen molar-refractivity contribution < 1.29 is 19.1 Å². The Balaban J connectivity index is 2.24. The van der Waals surface area contributed by atoms with E-state index < -0.39 is 5.97 Å². The van der Waals surface area contributed by atoms with Gasteiger partial charge in [-0.05, 0) is 6.92 Å². The highest BCUT2D eigenvalue weighted by Gasteiger charge is 2.28. The number of esters is 1. The molecule has 5 heteroatoms. The van der Waals surface area contributed by atoms with E-state index in [2.05, 4.69) is 0 Å². The Bertz CT molecular complexity index is 604. The minimum absolute atomic E-state index is 0.0686. The maximum atomic E-state index is 12.3. The number of hydrogen-bond donors (Lipinski definition) is 0. The van der Waals surface area contributed by atoms with Crippen LogP contribution in [0.4, 0.5) is 0 Å². The van der Waals surface area contributed by atoms with Gasteiger partial charge in [0.05, 0.1) is 12.3 Å². The Hall–Kier alpha value is -2.43. The molecule has 0 aromatic heterocycles. The third-order valence-electron chi connectivity index (χ3n) is 3.02. The molecule has 1 aromatic carbocycles. The van der Waals surface area contributed by atoms with Crippen LogP contribution >= 0.6 is 0 Å². The lowest BCUT2D eigenvalue weighted by atomic mass is 9.92. The number of benzene rings is 1. The predicted octanol–water partition coefficient (Wildman–Crippen LogP) is 1.44. The number of carbonyl (C=O) groups is 3. The number of ether oxygens (including phenoxy) is 1. The Morgan fingerprint density at radius 2 is 1.85 bits per heavy atom. The average Bonchev–Trinajstić information content (AvgIpc) is 2.43. The van der Waals surface area contributed by atoms with Gasteiger partial charge in [-0.25, -0.2) is 0 Å². The molecule has 0 unspecified atom stereocenters. The van der Waals surface area contributed by atoms with Crippen molar-refractivity contribution in [2.24, 2.45) is 0 Å². The summed E-state index contributed by atoms with van der Waals surface area (Å²) in [6.07, 6.45) is 1.27. The van der Waals surface area contributed by atoms with Gasteiger partial charge in [0.1, 0.15) is 6.54 Å². The van der Waals surface area contributed by atoms with E-state index in [1.54, 1.807) is 38.2 Å². The minimum atomic E-state index is -0.435. The molecule has 104 valence electrons. The number of likely N-dealkylation sites (N-methyl/N-ethyl adjacent to an activating group) is 1. The molecule has 1 aromatic rings. The fourth-order valence-electron chi connectivity index (χ4n) is 2.07. The van der Waals surface area contributed by atoms with E-state index in [0.717, 1.165) is 0 Å². The van der Waals surface area contributed by atoms with Crippen molar-refractivity contribution in [3.63, 3.8) is 0 Å². The fourth-order valence-corrected chi connectivity index (χ4v) is 2.07. The van der Waals surface area contributed by atoms with E-state index in [-0.39, 0.29) is 30.4 Å². The lowest BCUT2D eigenvalue weighted by Crippen LogP contribution is -2.33. The maximum absolute atomic E-state index is 12.3. The summed E-state index contributed by atoms with van der Waals surface area (Å²) in [5.41, 5.74) is 0.971. The third-order valence-corrected chi connectivity index (χ3v) is 3.02. The summed E-state index contributed by atoms with van der Waals surface area (Å²) in [6, 6.07) is 6.65. The van der Waals surface area contributed by atoms with Crippen molar-refractivity contribution in [3.05, 3.63) is 47.2 Å². The minimum Gasteiger partial charge on any atom is -0.465 e. The molecule has 0 saturated carbocycles. The van der Waals surface area contributed by atoms with Gasteiger partial charge >= 0.3 is 5.97 Å². The van der Waals surface area contributed by atoms with Gasteiger partial charge in [0, 0.05) is 24.3 Å². The summed E-state index contributed by atoms with van der Waals surface area (Å²) in [5.74, 6) is -0.923. The first-order valence-corrected chi connectivity index (χ1v) is 6.31. The topological polar surface area (TPSA) is 63.7 Å². The second kappa shape index (κ2) is 5.69. The fraction of sp³-hybridized carbons (Fsp3) is 0.267. The zero-order valence-electron chi connectivity index (χ0n) is 11.4. The van der Waals surface area contributed by atoms with E-state index in [9.17, 15) is 14.4 Å². The molecule has 0 atom stereocenters. The Morgan fingerprint density at radius 3 is 2.50 bits per heavy atom. The van der Waals surface area contributed by atoms with Gasteiger partial charge in [-0.3, -0.25) is 14.4 Å².